The molecule has 1 saturated heterocycles. The third-order valence-corrected chi connectivity index (χ3v) is 16.5. The van der Waals surface area contributed by atoms with Crippen LogP contribution in [0.5, 0.6) is 0 Å². The lowest BCUT2D eigenvalue weighted by molar-refractivity contribution is -0.302. The van der Waals surface area contributed by atoms with E-state index in [9.17, 15) is 30.3 Å². The Kier molecular flexibility index (Phi) is 55.4. The van der Waals surface area contributed by atoms with Crippen molar-refractivity contribution in [3.05, 3.63) is 24.3 Å². The van der Waals surface area contributed by atoms with Gasteiger partial charge in [-0.2, -0.15) is 0 Å². The smallest absolute Gasteiger partial charge is 0.220 e. The number of aliphatic hydroxyl groups excluding tert-OH is 5. The molecule has 456 valence electrons. The maximum atomic E-state index is 13.1. The number of aliphatic hydroxyl groups is 5. The molecule has 1 fully saturated rings. The largest absolute Gasteiger partial charge is 0.394 e. The van der Waals surface area contributed by atoms with E-state index in [0.29, 0.717) is 6.42 Å². The summed E-state index contributed by atoms with van der Waals surface area (Å²) in [4.78, 5) is 13.1. The Bertz CT molecular complexity index is 1260. The topological polar surface area (TPSA) is 149 Å². The molecule has 0 radical (unpaired) electrons. The molecule has 1 rings (SSSR count). The number of carbonyl (C=O) groups is 1. The summed E-state index contributed by atoms with van der Waals surface area (Å²) in [5, 5.41) is 54.7. The van der Waals surface area contributed by atoms with Crippen LogP contribution in [-0.2, 0) is 14.3 Å². The number of ether oxygens (including phenoxy) is 2. The Hall–Kier alpha value is -1.33. The highest BCUT2D eigenvalue weighted by Crippen LogP contribution is 2.23. The van der Waals surface area contributed by atoms with Crippen LogP contribution >= 0.6 is 0 Å². The third kappa shape index (κ3) is 46.9. The lowest BCUT2D eigenvalue weighted by Gasteiger charge is -2.40. The van der Waals surface area contributed by atoms with Gasteiger partial charge in [-0.05, 0) is 44.9 Å². The number of allylic oxidation sites excluding steroid dienone is 3. The Morgan fingerprint density at radius 3 is 1.05 bits per heavy atom. The first-order valence-corrected chi connectivity index (χ1v) is 34.1. The molecule has 1 aliphatic heterocycles. The first-order chi connectivity index (χ1) is 37.8. The standard InChI is InChI=1S/C68H131NO8/c1-3-5-7-9-11-13-15-17-19-21-23-25-27-28-29-30-31-32-33-34-36-37-39-41-43-45-47-49-51-53-55-57-62(71)61(60-76-68-67(75)66(74)65(73)63(59-70)77-68)69-64(72)58-56-54-52-50-48-46-44-42-40-38-35-26-24-22-20-18-16-14-12-10-8-6-4-2/h22,24,55,57,61-63,65-68,70-71,73-75H,3-21,23,25-54,56,58-60H2,1-2H3,(H,69,72)/b24-22-,57-55+. The van der Waals surface area contributed by atoms with E-state index in [4.69, 9.17) is 9.47 Å². The third-order valence-electron chi connectivity index (χ3n) is 16.5. The first-order valence-electron chi connectivity index (χ1n) is 34.1. The molecular weight excluding hydrogens is 959 g/mol. The fraction of sp³-hybridized carbons (Fsp3) is 0.926. The number of amides is 1. The fourth-order valence-corrected chi connectivity index (χ4v) is 11.2. The number of rotatable bonds is 60. The van der Waals surface area contributed by atoms with Crippen LogP contribution in [-0.4, -0.2) is 87.5 Å². The molecule has 0 spiro atoms. The second-order valence-electron chi connectivity index (χ2n) is 24.0. The highest BCUT2D eigenvalue weighted by molar-refractivity contribution is 5.76. The van der Waals surface area contributed by atoms with Gasteiger partial charge in [-0.3, -0.25) is 4.79 Å². The number of carbonyl (C=O) groups excluding carboxylic acids is 1. The van der Waals surface area contributed by atoms with Crippen LogP contribution in [0.25, 0.3) is 0 Å². The van der Waals surface area contributed by atoms with Crippen LogP contribution in [0.4, 0.5) is 0 Å². The molecule has 9 nitrogen and oxygen atoms in total. The van der Waals surface area contributed by atoms with Crippen molar-refractivity contribution in [1.82, 2.24) is 5.32 Å². The van der Waals surface area contributed by atoms with Crippen molar-refractivity contribution < 1.29 is 39.8 Å². The summed E-state index contributed by atoms with van der Waals surface area (Å²) in [6.45, 7) is 3.83. The van der Waals surface area contributed by atoms with Crippen molar-refractivity contribution in [2.24, 2.45) is 0 Å². The van der Waals surface area contributed by atoms with E-state index in [2.05, 4.69) is 31.3 Å². The summed E-state index contributed by atoms with van der Waals surface area (Å²) in [7, 11) is 0. The van der Waals surface area contributed by atoms with Gasteiger partial charge in [0.2, 0.25) is 5.91 Å². The Morgan fingerprint density at radius 2 is 0.727 bits per heavy atom. The number of nitrogens with one attached hydrogen (secondary N) is 1. The molecule has 0 aliphatic carbocycles. The molecule has 0 aromatic rings. The van der Waals surface area contributed by atoms with Gasteiger partial charge >= 0.3 is 0 Å². The lowest BCUT2D eigenvalue weighted by atomic mass is 9.99. The van der Waals surface area contributed by atoms with Gasteiger partial charge in [0.15, 0.2) is 6.29 Å². The van der Waals surface area contributed by atoms with E-state index in [1.54, 1.807) is 6.08 Å². The summed E-state index contributed by atoms with van der Waals surface area (Å²) in [5.41, 5.74) is 0. The first kappa shape index (κ1) is 73.7. The lowest BCUT2D eigenvalue weighted by Crippen LogP contribution is -2.60. The van der Waals surface area contributed by atoms with E-state index in [0.717, 1.165) is 38.5 Å². The molecule has 0 aromatic heterocycles. The van der Waals surface area contributed by atoms with Gasteiger partial charge in [-0.15, -0.1) is 0 Å². The van der Waals surface area contributed by atoms with Crippen molar-refractivity contribution >= 4 is 5.91 Å². The van der Waals surface area contributed by atoms with Crippen molar-refractivity contribution in [2.45, 2.75) is 391 Å². The van der Waals surface area contributed by atoms with E-state index in [-0.39, 0.29) is 12.5 Å². The zero-order valence-electron chi connectivity index (χ0n) is 51.0. The molecule has 77 heavy (non-hydrogen) atoms. The van der Waals surface area contributed by atoms with Crippen molar-refractivity contribution in [2.75, 3.05) is 13.2 Å². The summed E-state index contributed by atoms with van der Waals surface area (Å²) in [5.74, 6) is -0.172. The van der Waals surface area contributed by atoms with Crippen molar-refractivity contribution in [1.29, 1.82) is 0 Å². The van der Waals surface area contributed by atoms with Crippen molar-refractivity contribution in [3.63, 3.8) is 0 Å². The normalized spacial score (nSPS) is 18.8. The number of hydrogen-bond acceptors (Lipinski definition) is 8. The SMILES string of the molecule is CCCCCCCCCC/C=C\CCCCCCCCCCCCCC(=O)NC(COC1OC(CO)C(O)C(O)C1O)C(O)/C=C/CCCCCCCCCCCCCCCCCCCCCCCCCCCCCCC. The van der Waals surface area contributed by atoms with Crippen molar-refractivity contribution in [3.8, 4) is 0 Å². The van der Waals surface area contributed by atoms with E-state index in [1.807, 2.05) is 6.08 Å². The van der Waals surface area contributed by atoms with Crippen LogP contribution in [0.15, 0.2) is 24.3 Å². The predicted molar refractivity (Wildman–Crippen MR) is 327 cm³/mol. The predicted octanol–water partition coefficient (Wildman–Crippen LogP) is 18.1. The number of unbranched alkanes of at least 4 members (excludes halogenated alkanes) is 48. The molecule has 6 N–H and O–H groups in total. The summed E-state index contributed by atoms with van der Waals surface area (Å²) in [6, 6.07) is -0.805. The molecule has 1 aliphatic rings. The molecule has 0 bridgehead atoms. The molecular formula is C68H131NO8. The minimum absolute atomic E-state index is 0.172. The van der Waals surface area contributed by atoms with Crippen LogP contribution in [0.1, 0.15) is 348 Å². The van der Waals surface area contributed by atoms with E-state index >= 15 is 0 Å². The molecule has 7 unspecified atom stereocenters. The maximum absolute atomic E-state index is 13.1. The minimum Gasteiger partial charge on any atom is -0.394 e. The van der Waals surface area contributed by atoms with Crippen LogP contribution in [0.3, 0.4) is 0 Å². The molecule has 1 heterocycles. The monoisotopic (exact) mass is 1090 g/mol. The number of hydrogen-bond donors (Lipinski definition) is 6. The highest BCUT2D eigenvalue weighted by Gasteiger charge is 2.44. The minimum atomic E-state index is -1.57. The van der Waals surface area contributed by atoms with Crippen LogP contribution in [0.2, 0.25) is 0 Å². The van der Waals surface area contributed by atoms with Gasteiger partial charge in [0, 0.05) is 6.42 Å². The molecule has 0 saturated carbocycles. The van der Waals surface area contributed by atoms with E-state index in [1.165, 1.54) is 289 Å². The van der Waals surface area contributed by atoms with Gasteiger partial charge in [-0.25, -0.2) is 0 Å². The van der Waals surface area contributed by atoms with Crippen LogP contribution < -0.4 is 5.32 Å². The Labute approximate surface area is 477 Å². The second-order valence-corrected chi connectivity index (χ2v) is 24.0. The molecule has 1 amide bonds. The summed E-state index contributed by atoms with van der Waals surface area (Å²) in [6.07, 6.45) is 68.5. The highest BCUT2D eigenvalue weighted by atomic mass is 16.7. The van der Waals surface area contributed by atoms with Gasteiger partial charge in [0.25, 0.3) is 0 Å². The molecule has 0 aromatic carbocycles. The van der Waals surface area contributed by atoms with Gasteiger partial charge in [-0.1, -0.05) is 321 Å². The average Bonchev–Trinajstić information content (AvgIpc) is 3.43. The maximum Gasteiger partial charge on any atom is 0.220 e. The Morgan fingerprint density at radius 1 is 0.429 bits per heavy atom. The summed E-state index contributed by atoms with van der Waals surface area (Å²) >= 11 is 0. The fourth-order valence-electron chi connectivity index (χ4n) is 11.2. The van der Waals surface area contributed by atoms with Crippen LogP contribution in [0, 0.1) is 0 Å². The summed E-state index contributed by atoms with van der Waals surface area (Å²) < 4.78 is 11.3. The molecule has 7 atom stereocenters. The molecule has 9 heteroatoms. The zero-order valence-corrected chi connectivity index (χ0v) is 51.0. The zero-order chi connectivity index (χ0) is 55.8. The van der Waals surface area contributed by atoms with Gasteiger partial charge in [0.1, 0.15) is 24.4 Å². The average molecular weight is 1090 g/mol. The van der Waals surface area contributed by atoms with Gasteiger partial charge in [0.05, 0.1) is 25.4 Å². The van der Waals surface area contributed by atoms with E-state index < -0.39 is 49.5 Å². The quantitative estimate of drug-likeness (QED) is 0.0261. The second kappa shape index (κ2) is 57.9. The Balaban J connectivity index is 2.13. The van der Waals surface area contributed by atoms with Gasteiger partial charge < -0.3 is 40.3 Å².